The summed E-state index contributed by atoms with van der Waals surface area (Å²) in [6, 6.07) is 46.7. The maximum Gasteiger partial charge on any atom is 0.0246 e. The lowest BCUT2D eigenvalue weighted by Crippen LogP contribution is -2.30. The summed E-state index contributed by atoms with van der Waals surface area (Å²) in [4.78, 5) is 0. The Kier molecular flexibility index (Phi) is 14.6. The predicted molar refractivity (Wildman–Crippen MR) is 308 cm³/mol. The van der Waals surface area contributed by atoms with E-state index in [-0.39, 0.29) is 16.2 Å². The van der Waals surface area contributed by atoms with Gasteiger partial charge in [-0.2, -0.15) is 0 Å². The molecule has 6 aromatic carbocycles. The van der Waals surface area contributed by atoms with Crippen LogP contribution in [0.1, 0.15) is 199 Å². The molecule has 0 saturated heterocycles. The average Bonchev–Trinajstić information content (AvgIpc) is 3.92. The van der Waals surface area contributed by atoms with E-state index in [4.69, 9.17) is 6.42 Å². The third kappa shape index (κ3) is 8.79. The second-order valence-electron chi connectivity index (χ2n) is 24.0. The molecule has 0 saturated carbocycles. The number of rotatable bonds is 20. The molecule has 7 atom stereocenters. The molecule has 0 N–H and O–H groups in total. The van der Waals surface area contributed by atoms with Gasteiger partial charge in [0.25, 0.3) is 0 Å². The first-order valence-electron chi connectivity index (χ1n) is 28.5. The fourth-order valence-corrected chi connectivity index (χ4v) is 14.3. The van der Waals surface area contributed by atoms with Gasteiger partial charge < -0.3 is 0 Å². The summed E-state index contributed by atoms with van der Waals surface area (Å²) in [6.45, 7) is 29.2. The molecule has 0 amide bonds. The maximum atomic E-state index is 6.14. The van der Waals surface area contributed by atoms with Gasteiger partial charge >= 0.3 is 0 Å². The van der Waals surface area contributed by atoms with Crippen LogP contribution in [0.5, 0.6) is 0 Å². The van der Waals surface area contributed by atoms with E-state index in [9.17, 15) is 0 Å². The highest BCUT2D eigenvalue weighted by Crippen LogP contribution is 2.60. The molecule has 71 heavy (non-hydrogen) atoms. The quantitative estimate of drug-likeness (QED) is 0.0669. The van der Waals surface area contributed by atoms with Crippen LogP contribution < -0.4 is 0 Å². The first-order valence-corrected chi connectivity index (χ1v) is 28.5. The van der Waals surface area contributed by atoms with Crippen LogP contribution >= 0.6 is 0 Å². The van der Waals surface area contributed by atoms with E-state index in [0.717, 1.165) is 31.2 Å². The number of hydrogen-bond donors (Lipinski definition) is 0. The van der Waals surface area contributed by atoms with Crippen molar-refractivity contribution in [2.24, 2.45) is 35.5 Å². The first kappa shape index (κ1) is 50.8. The lowest BCUT2D eigenvalue weighted by atomic mass is 9.65. The van der Waals surface area contributed by atoms with Crippen LogP contribution in [0.2, 0.25) is 0 Å². The molecule has 2 unspecified atom stereocenters. The van der Waals surface area contributed by atoms with Crippen molar-refractivity contribution in [2.75, 3.05) is 0 Å². The normalized spacial score (nSPS) is 19.0. The summed E-state index contributed by atoms with van der Waals surface area (Å²) >= 11 is 0. The van der Waals surface area contributed by atoms with Crippen molar-refractivity contribution >= 4 is 0 Å². The van der Waals surface area contributed by atoms with Gasteiger partial charge in [-0.25, -0.2) is 0 Å². The molecule has 0 heterocycles. The van der Waals surface area contributed by atoms with E-state index in [2.05, 4.69) is 204 Å². The molecule has 0 nitrogen and oxygen atoms in total. The molecular formula is C71H86. The molecule has 0 aromatic heterocycles. The number of hydrogen-bond acceptors (Lipinski definition) is 0. The Bertz CT molecular complexity index is 2890. The molecule has 3 aliphatic rings. The van der Waals surface area contributed by atoms with Crippen LogP contribution in [0.25, 0.3) is 55.6 Å². The van der Waals surface area contributed by atoms with Gasteiger partial charge in [0.05, 0.1) is 0 Å². The molecule has 0 spiro atoms. The smallest absolute Gasteiger partial charge is 0.0246 e. The summed E-state index contributed by atoms with van der Waals surface area (Å²) < 4.78 is 0. The zero-order chi connectivity index (χ0) is 50.4. The molecule has 0 fully saturated rings. The Morgan fingerprint density at radius 2 is 0.577 bits per heavy atom. The number of benzene rings is 6. The van der Waals surface area contributed by atoms with Gasteiger partial charge in [0.1, 0.15) is 0 Å². The van der Waals surface area contributed by atoms with E-state index in [0.29, 0.717) is 35.5 Å². The summed E-state index contributed by atoms with van der Waals surface area (Å²) in [6.07, 6.45) is 20.2. The van der Waals surface area contributed by atoms with E-state index in [1.165, 1.54) is 118 Å². The predicted octanol–water partition coefficient (Wildman–Crippen LogP) is 20.4. The van der Waals surface area contributed by atoms with Crippen LogP contribution in [-0.2, 0) is 16.2 Å². The fraction of sp³-hybridized carbons (Fsp3) is 0.465. The highest BCUT2D eigenvalue weighted by atomic mass is 14.5. The van der Waals surface area contributed by atoms with Crippen LogP contribution in [0, 0.1) is 47.9 Å². The fourth-order valence-electron chi connectivity index (χ4n) is 14.3. The van der Waals surface area contributed by atoms with Crippen molar-refractivity contribution in [1.29, 1.82) is 0 Å². The second kappa shape index (κ2) is 20.4. The zero-order valence-corrected chi connectivity index (χ0v) is 46.0. The van der Waals surface area contributed by atoms with Gasteiger partial charge in [-0.3, -0.25) is 0 Å². The Hall–Kier alpha value is -5.12. The molecule has 0 radical (unpaired) electrons. The minimum Gasteiger partial charge on any atom is -0.115 e. The van der Waals surface area contributed by atoms with Gasteiger partial charge in [-0.15, -0.1) is 6.42 Å². The van der Waals surface area contributed by atoms with Gasteiger partial charge in [0.15, 0.2) is 0 Å². The molecule has 0 aliphatic heterocycles. The number of fused-ring (bicyclic) bond motifs is 9. The minimum atomic E-state index is -0.0964. The lowest BCUT2D eigenvalue weighted by Gasteiger charge is -2.38. The Morgan fingerprint density at radius 1 is 0.324 bits per heavy atom. The Balaban J connectivity index is 1.21. The second-order valence-corrected chi connectivity index (χ2v) is 24.0. The van der Waals surface area contributed by atoms with Crippen molar-refractivity contribution in [1.82, 2.24) is 0 Å². The van der Waals surface area contributed by atoms with Gasteiger partial charge in [0, 0.05) is 21.8 Å². The van der Waals surface area contributed by atoms with Gasteiger partial charge in [0.2, 0.25) is 0 Å². The first-order chi connectivity index (χ1) is 34.2. The molecule has 9 rings (SSSR count). The van der Waals surface area contributed by atoms with Crippen LogP contribution in [0.3, 0.4) is 0 Å². The van der Waals surface area contributed by atoms with Gasteiger partial charge in [-0.05, 0) is 199 Å². The van der Waals surface area contributed by atoms with Crippen molar-refractivity contribution in [2.45, 2.75) is 176 Å². The average molecular weight is 939 g/mol. The molecule has 3 aliphatic carbocycles. The maximum absolute atomic E-state index is 6.14. The van der Waals surface area contributed by atoms with Crippen LogP contribution in [-0.4, -0.2) is 0 Å². The van der Waals surface area contributed by atoms with E-state index >= 15 is 0 Å². The lowest BCUT2D eigenvalue weighted by molar-refractivity contribution is 0.308. The summed E-state index contributed by atoms with van der Waals surface area (Å²) in [5.74, 6) is 6.63. The van der Waals surface area contributed by atoms with Crippen LogP contribution in [0.4, 0.5) is 0 Å². The Labute approximate surface area is 431 Å². The third-order valence-electron chi connectivity index (χ3n) is 19.2. The third-order valence-corrected chi connectivity index (χ3v) is 19.2. The molecule has 370 valence electrons. The van der Waals surface area contributed by atoms with Crippen molar-refractivity contribution in [3.8, 4) is 68.0 Å². The standard InChI is InChI=1S/C71H86/c1-14-46(8)40-69(41-47(9)15-2)63-24-22-21-23-57(63)59-31-26-53(36-65(59)69)55-28-33-61-62-34-29-56(39-68(62)71(67(61)38-55,44-50(12)18-5)45-51(13)19-6)54-27-32-60-58-30-25-52(20-7)35-64(58)70(66(60)37-54,42-48(10)16-3)43-49(11)17-4/h7,21-39,46-51H,14-19,40-45H2,1-6,8-13H3/t46-,47-,48-,49?,50-,51-,70?/m0/s1. The monoisotopic (exact) mass is 939 g/mol. The zero-order valence-electron chi connectivity index (χ0n) is 46.0. The largest absolute Gasteiger partial charge is 0.115 e. The van der Waals surface area contributed by atoms with Crippen molar-refractivity contribution < 1.29 is 0 Å². The summed E-state index contributed by atoms with van der Waals surface area (Å²) in [5, 5.41) is 0. The SMILES string of the molecule is C#Cc1ccc2c(c1)C(CC(C)CC)(C[C@@H](C)CC)c1cc(-c3ccc4c(c3)C(C[C@@H](C)CC)(C[C@@H](C)CC)c3cc(-c5ccc6c(c5)C(C[C@@H](C)CC)(C[C@@H](C)CC)c5ccccc5-6)ccc3-4)ccc1-2. The van der Waals surface area contributed by atoms with E-state index < -0.39 is 0 Å². The summed E-state index contributed by atoms with van der Waals surface area (Å²) in [7, 11) is 0. The van der Waals surface area contributed by atoms with E-state index in [1.807, 2.05) is 0 Å². The van der Waals surface area contributed by atoms with Crippen LogP contribution in [0.15, 0.2) is 115 Å². The topological polar surface area (TPSA) is 0 Å². The minimum absolute atomic E-state index is 0.0140. The van der Waals surface area contributed by atoms with Crippen molar-refractivity contribution in [3.05, 3.63) is 154 Å². The van der Waals surface area contributed by atoms with E-state index in [1.54, 1.807) is 22.3 Å². The highest BCUT2D eigenvalue weighted by molar-refractivity contribution is 5.90. The summed E-state index contributed by atoms with van der Waals surface area (Å²) in [5.41, 5.74) is 23.9. The molecule has 0 heteroatoms. The molecular weight excluding hydrogens is 853 g/mol. The van der Waals surface area contributed by atoms with Crippen molar-refractivity contribution in [3.63, 3.8) is 0 Å². The molecule has 6 aromatic rings. The molecule has 0 bridgehead atoms. The highest BCUT2D eigenvalue weighted by Gasteiger charge is 2.48. The number of terminal acetylenes is 1. The Morgan fingerprint density at radius 3 is 0.873 bits per heavy atom. The van der Waals surface area contributed by atoms with Gasteiger partial charge in [-0.1, -0.05) is 206 Å².